The third kappa shape index (κ3) is 2.60. The van der Waals surface area contributed by atoms with Crippen molar-refractivity contribution in [2.24, 2.45) is 5.73 Å². The minimum Gasteiger partial charge on any atom is -0.322 e. The average Bonchev–Trinajstić information content (AvgIpc) is 2.32. The van der Waals surface area contributed by atoms with Crippen molar-refractivity contribution in [3.05, 3.63) is 64.1 Å². The van der Waals surface area contributed by atoms with Gasteiger partial charge in [0.15, 0.2) is 0 Å². The summed E-state index contributed by atoms with van der Waals surface area (Å²) >= 11 is 0. The van der Waals surface area contributed by atoms with Crippen LogP contribution in [0.5, 0.6) is 0 Å². The summed E-state index contributed by atoms with van der Waals surface area (Å²) in [6, 6.07) is 10.8. The van der Waals surface area contributed by atoms with Crippen LogP contribution in [0, 0.1) is 6.92 Å². The maximum absolute atomic E-state index is 11.5. The Morgan fingerprint density at radius 2 is 2.06 bits per heavy atom. The van der Waals surface area contributed by atoms with Crippen molar-refractivity contribution < 1.29 is 0 Å². The van der Waals surface area contributed by atoms with Crippen molar-refractivity contribution >= 4 is 0 Å². The van der Waals surface area contributed by atoms with Gasteiger partial charge in [-0.05, 0) is 24.1 Å². The summed E-state index contributed by atoms with van der Waals surface area (Å²) in [5.74, 6) is 0. The van der Waals surface area contributed by atoms with Crippen LogP contribution < -0.4 is 11.3 Å². The fourth-order valence-corrected chi connectivity index (χ4v) is 1.81. The molecule has 0 saturated heterocycles. The molecule has 1 unspecified atom stereocenters. The molecule has 1 aromatic heterocycles. The summed E-state index contributed by atoms with van der Waals surface area (Å²) in [5, 5.41) is 4.00. The molecule has 2 aromatic rings. The third-order valence-electron chi connectivity index (χ3n) is 2.74. The number of hydrogen-bond donors (Lipinski definition) is 1. The topological polar surface area (TPSA) is 60.9 Å². The van der Waals surface area contributed by atoms with E-state index in [1.807, 2.05) is 31.2 Å². The summed E-state index contributed by atoms with van der Waals surface area (Å²) < 4.78 is 1.39. The predicted molar refractivity (Wildman–Crippen MR) is 66.6 cm³/mol. The fraction of sp³-hybridized carbons (Fsp3) is 0.231. The van der Waals surface area contributed by atoms with Gasteiger partial charge >= 0.3 is 0 Å². The SMILES string of the molecule is Cc1ccccc1C(N)Cn1ncccc1=O. The summed E-state index contributed by atoms with van der Waals surface area (Å²) in [6.07, 6.45) is 1.59. The van der Waals surface area contributed by atoms with Crippen molar-refractivity contribution in [2.45, 2.75) is 19.5 Å². The van der Waals surface area contributed by atoms with E-state index in [0.29, 0.717) is 6.54 Å². The minimum atomic E-state index is -0.219. The van der Waals surface area contributed by atoms with Crippen LogP contribution in [0.2, 0.25) is 0 Å². The molecule has 88 valence electrons. The zero-order chi connectivity index (χ0) is 12.3. The summed E-state index contributed by atoms with van der Waals surface area (Å²) in [4.78, 5) is 11.5. The third-order valence-corrected chi connectivity index (χ3v) is 2.74. The average molecular weight is 229 g/mol. The van der Waals surface area contributed by atoms with Gasteiger partial charge in [0.2, 0.25) is 0 Å². The molecule has 17 heavy (non-hydrogen) atoms. The van der Waals surface area contributed by atoms with Gasteiger partial charge in [-0.25, -0.2) is 4.68 Å². The van der Waals surface area contributed by atoms with Crippen LogP contribution in [0.25, 0.3) is 0 Å². The van der Waals surface area contributed by atoms with Gasteiger partial charge in [0, 0.05) is 18.3 Å². The Kier molecular flexibility index (Phi) is 3.35. The molecule has 4 nitrogen and oxygen atoms in total. The van der Waals surface area contributed by atoms with Crippen molar-refractivity contribution in [3.63, 3.8) is 0 Å². The van der Waals surface area contributed by atoms with E-state index < -0.39 is 0 Å². The quantitative estimate of drug-likeness (QED) is 0.861. The number of rotatable bonds is 3. The second-order valence-electron chi connectivity index (χ2n) is 4.01. The lowest BCUT2D eigenvalue weighted by atomic mass is 10.0. The number of hydrogen-bond acceptors (Lipinski definition) is 3. The van der Waals surface area contributed by atoms with E-state index in [1.165, 1.54) is 10.7 Å². The first-order valence-corrected chi connectivity index (χ1v) is 5.52. The largest absolute Gasteiger partial charge is 0.322 e. The second-order valence-corrected chi connectivity index (χ2v) is 4.01. The standard InChI is InChI=1S/C13H15N3O/c1-10-5-2-3-6-11(10)12(14)9-16-13(17)7-4-8-15-16/h2-8,12H,9,14H2,1H3. The Balaban J connectivity index is 2.23. The van der Waals surface area contributed by atoms with Gasteiger partial charge in [0.25, 0.3) is 5.56 Å². The van der Waals surface area contributed by atoms with Crippen LogP contribution in [0.15, 0.2) is 47.4 Å². The molecule has 1 heterocycles. The van der Waals surface area contributed by atoms with E-state index in [-0.39, 0.29) is 11.6 Å². The highest BCUT2D eigenvalue weighted by molar-refractivity contribution is 5.28. The van der Waals surface area contributed by atoms with Gasteiger partial charge in [-0.15, -0.1) is 0 Å². The number of benzene rings is 1. The first kappa shape index (κ1) is 11.5. The number of aromatic nitrogens is 2. The molecule has 4 heteroatoms. The van der Waals surface area contributed by atoms with E-state index in [2.05, 4.69) is 5.10 Å². The smallest absolute Gasteiger partial charge is 0.266 e. The van der Waals surface area contributed by atoms with Gasteiger partial charge in [0.1, 0.15) is 0 Å². The molecule has 0 saturated carbocycles. The predicted octanol–water partition coefficient (Wildman–Crippen LogP) is 1.25. The molecule has 1 atom stereocenters. The van der Waals surface area contributed by atoms with Crippen molar-refractivity contribution in [2.75, 3.05) is 0 Å². The Bertz CT molecular complexity index is 562. The zero-order valence-corrected chi connectivity index (χ0v) is 9.71. The van der Waals surface area contributed by atoms with Gasteiger partial charge < -0.3 is 5.73 Å². The molecular formula is C13H15N3O. The Morgan fingerprint density at radius 3 is 2.76 bits per heavy atom. The van der Waals surface area contributed by atoms with Crippen LogP contribution in [0.1, 0.15) is 17.2 Å². The Labute approximate surface area is 99.7 Å². The van der Waals surface area contributed by atoms with Crippen LogP contribution in [-0.2, 0) is 6.54 Å². The first-order valence-electron chi connectivity index (χ1n) is 5.52. The normalized spacial score (nSPS) is 12.4. The maximum Gasteiger partial charge on any atom is 0.266 e. The molecule has 0 aliphatic heterocycles. The minimum absolute atomic E-state index is 0.128. The van der Waals surface area contributed by atoms with Gasteiger partial charge in [0.05, 0.1) is 6.54 Å². The van der Waals surface area contributed by atoms with Crippen molar-refractivity contribution in [1.82, 2.24) is 9.78 Å². The molecule has 0 radical (unpaired) electrons. The van der Waals surface area contributed by atoms with E-state index in [9.17, 15) is 4.79 Å². The molecule has 1 aromatic carbocycles. The molecule has 0 spiro atoms. The van der Waals surface area contributed by atoms with Crippen LogP contribution >= 0.6 is 0 Å². The first-order chi connectivity index (χ1) is 8.18. The van der Waals surface area contributed by atoms with Crippen molar-refractivity contribution in [1.29, 1.82) is 0 Å². The molecule has 0 bridgehead atoms. The number of nitrogens with zero attached hydrogens (tertiary/aromatic N) is 2. The molecular weight excluding hydrogens is 214 g/mol. The number of nitrogens with two attached hydrogens (primary N) is 1. The maximum atomic E-state index is 11.5. The highest BCUT2D eigenvalue weighted by atomic mass is 16.1. The van der Waals surface area contributed by atoms with Crippen LogP contribution in [0.3, 0.4) is 0 Å². The summed E-state index contributed by atoms with van der Waals surface area (Å²) in [7, 11) is 0. The second kappa shape index (κ2) is 4.93. The molecule has 0 aliphatic carbocycles. The van der Waals surface area contributed by atoms with E-state index in [1.54, 1.807) is 12.3 Å². The molecule has 2 rings (SSSR count). The van der Waals surface area contributed by atoms with Gasteiger partial charge in [-0.2, -0.15) is 5.10 Å². The Morgan fingerprint density at radius 1 is 1.29 bits per heavy atom. The van der Waals surface area contributed by atoms with E-state index in [4.69, 9.17) is 5.73 Å². The fourth-order valence-electron chi connectivity index (χ4n) is 1.81. The van der Waals surface area contributed by atoms with Crippen molar-refractivity contribution in [3.8, 4) is 0 Å². The highest BCUT2D eigenvalue weighted by Crippen LogP contribution is 2.15. The lowest BCUT2D eigenvalue weighted by Gasteiger charge is -2.14. The van der Waals surface area contributed by atoms with Gasteiger partial charge in [-0.1, -0.05) is 24.3 Å². The lowest BCUT2D eigenvalue weighted by molar-refractivity contribution is 0.502. The monoisotopic (exact) mass is 229 g/mol. The molecule has 2 N–H and O–H groups in total. The van der Waals surface area contributed by atoms with E-state index in [0.717, 1.165) is 11.1 Å². The zero-order valence-electron chi connectivity index (χ0n) is 9.71. The number of aryl methyl sites for hydroxylation is 1. The molecule has 0 fully saturated rings. The molecule has 0 amide bonds. The van der Waals surface area contributed by atoms with Gasteiger partial charge in [-0.3, -0.25) is 4.79 Å². The Hall–Kier alpha value is -1.94. The van der Waals surface area contributed by atoms with Crippen LogP contribution in [0.4, 0.5) is 0 Å². The van der Waals surface area contributed by atoms with Crippen LogP contribution in [-0.4, -0.2) is 9.78 Å². The molecule has 0 aliphatic rings. The lowest BCUT2D eigenvalue weighted by Crippen LogP contribution is -2.28. The summed E-state index contributed by atoms with van der Waals surface area (Å²) in [6.45, 7) is 2.40. The summed E-state index contributed by atoms with van der Waals surface area (Å²) in [5.41, 5.74) is 8.14. The van der Waals surface area contributed by atoms with E-state index >= 15 is 0 Å². The highest BCUT2D eigenvalue weighted by Gasteiger charge is 2.10.